The number of nitrogens with zero attached hydrogens (tertiary/aromatic N) is 2. The van der Waals surface area contributed by atoms with Crippen molar-refractivity contribution in [3.63, 3.8) is 0 Å². The molecule has 2 aromatic carbocycles. The minimum atomic E-state index is -0.287. The number of amides is 2. The van der Waals surface area contributed by atoms with Gasteiger partial charge in [-0.2, -0.15) is 0 Å². The molecule has 0 aliphatic carbocycles. The van der Waals surface area contributed by atoms with E-state index in [4.69, 9.17) is 0 Å². The molecule has 0 spiro atoms. The van der Waals surface area contributed by atoms with Crippen LogP contribution < -0.4 is 4.90 Å². The second kappa shape index (κ2) is 7.84. The summed E-state index contributed by atoms with van der Waals surface area (Å²) >= 11 is 0. The maximum absolute atomic E-state index is 13.5. The third-order valence-corrected chi connectivity index (χ3v) is 5.75. The van der Waals surface area contributed by atoms with Gasteiger partial charge in [0.05, 0.1) is 11.3 Å². The lowest BCUT2D eigenvalue weighted by atomic mass is 9.96. The Morgan fingerprint density at radius 1 is 1.00 bits per heavy atom. The lowest BCUT2D eigenvalue weighted by molar-refractivity contribution is -0.120. The first-order valence-electron chi connectivity index (χ1n) is 10.1. The predicted molar refractivity (Wildman–Crippen MR) is 113 cm³/mol. The van der Waals surface area contributed by atoms with Crippen LogP contribution in [-0.4, -0.2) is 41.5 Å². The van der Waals surface area contributed by atoms with E-state index in [2.05, 4.69) is 0 Å². The Balaban J connectivity index is 1.82. The average molecular weight is 390 g/mol. The van der Waals surface area contributed by atoms with Gasteiger partial charge < -0.3 is 10.0 Å². The number of aliphatic hydroxyl groups is 1. The number of aryl methyl sites for hydroxylation is 2. The van der Waals surface area contributed by atoms with Gasteiger partial charge in [0.1, 0.15) is 5.70 Å². The third-order valence-electron chi connectivity index (χ3n) is 5.75. The Labute approximate surface area is 171 Å². The summed E-state index contributed by atoms with van der Waals surface area (Å²) < 4.78 is 0. The van der Waals surface area contributed by atoms with Gasteiger partial charge in [0, 0.05) is 19.7 Å². The molecule has 0 aromatic heterocycles. The second-order valence-corrected chi connectivity index (χ2v) is 8.01. The van der Waals surface area contributed by atoms with Crippen LogP contribution in [0.15, 0.2) is 54.2 Å². The SMILES string of the molecule is Cc1ccc(C2=C(N3CCCC(CO)C3)C(=O)N(c3cccc(C)c3)C2=O)cc1. The zero-order valence-electron chi connectivity index (χ0n) is 16.9. The fourth-order valence-corrected chi connectivity index (χ4v) is 4.21. The second-order valence-electron chi connectivity index (χ2n) is 8.01. The van der Waals surface area contributed by atoms with E-state index in [1.165, 1.54) is 4.90 Å². The molecule has 1 saturated heterocycles. The fourth-order valence-electron chi connectivity index (χ4n) is 4.21. The molecule has 0 radical (unpaired) electrons. The van der Waals surface area contributed by atoms with E-state index in [0.717, 1.165) is 29.5 Å². The zero-order chi connectivity index (χ0) is 20.5. The van der Waals surface area contributed by atoms with Crippen molar-refractivity contribution in [3.05, 3.63) is 70.9 Å². The molecule has 0 bridgehead atoms. The Bertz CT molecular complexity index is 978. The number of hydrogen-bond acceptors (Lipinski definition) is 4. The van der Waals surface area contributed by atoms with Gasteiger partial charge in [0.25, 0.3) is 11.8 Å². The highest BCUT2D eigenvalue weighted by molar-refractivity contribution is 6.45. The van der Waals surface area contributed by atoms with E-state index in [0.29, 0.717) is 30.0 Å². The third kappa shape index (κ3) is 3.58. The van der Waals surface area contributed by atoms with Gasteiger partial charge in [0.2, 0.25) is 0 Å². The van der Waals surface area contributed by atoms with Crippen LogP contribution in [0.5, 0.6) is 0 Å². The first-order valence-corrected chi connectivity index (χ1v) is 10.1. The molecule has 0 saturated carbocycles. The lowest BCUT2D eigenvalue weighted by Crippen LogP contribution is -2.40. The molecule has 150 valence electrons. The molecule has 5 nitrogen and oxygen atoms in total. The Kier molecular flexibility index (Phi) is 5.24. The standard InChI is InChI=1S/C24H26N2O3/c1-16-8-10-19(11-9-16)21-22(25-12-4-6-18(14-25)15-27)24(29)26(23(21)28)20-7-3-5-17(2)13-20/h3,5,7-11,13,18,27H,4,6,12,14-15H2,1-2H3. The van der Waals surface area contributed by atoms with E-state index in [1.54, 1.807) is 6.07 Å². The van der Waals surface area contributed by atoms with Gasteiger partial charge in [-0.15, -0.1) is 0 Å². The van der Waals surface area contributed by atoms with Crippen molar-refractivity contribution in [1.82, 2.24) is 4.90 Å². The summed E-state index contributed by atoms with van der Waals surface area (Å²) in [5, 5.41) is 9.64. The molecule has 2 aliphatic heterocycles. The quantitative estimate of drug-likeness (QED) is 0.814. The molecule has 1 unspecified atom stereocenters. The van der Waals surface area contributed by atoms with Gasteiger partial charge in [0.15, 0.2) is 0 Å². The summed E-state index contributed by atoms with van der Waals surface area (Å²) in [6.45, 7) is 5.33. The summed E-state index contributed by atoms with van der Waals surface area (Å²) in [7, 11) is 0. The van der Waals surface area contributed by atoms with E-state index in [-0.39, 0.29) is 24.3 Å². The van der Waals surface area contributed by atoms with Crippen LogP contribution in [0, 0.1) is 19.8 Å². The molecule has 1 fully saturated rings. The molecule has 2 heterocycles. The Morgan fingerprint density at radius 3 is 2.45 bits per heavy atom. The van der Waals surface area contributed by atoms with Crippen molar-refractivity contribution < 1.29 is 14.7 Å². The maximum Gasteiger partial charge on any atom is 0.282 e. The summed E-state index contributed by atoms with van der Waals surface area (Å²) in [5.74, 6) is -0.452. The lowest BCUT2D eigenvalue weighted by Gasteiger charge is -2.34. The number of carbonyl (C=O) groups excluding carboxylic acids is 2. The molecule has 2 aromatic rings. The minimum absolute atomic E-state index is 0.0907. The van der Waals surface area contributed by atoms with Crippen LogP contribution in [0.3, 0.4) is 0 Å². The van der Waals surface area contributed by atoms with E-state index >= 15 is 0 Å². The Morgan fingerprint density at radius 2 is 1.76 bits per heavy atom. The number of anilines is 1. The van der Waals surface area contributed by atoms with E-state index in [9.17, 15) is 14.7 Å². The smallest absolute Gasteiger partial charge is 0.282 e. The number of benzene rings is 2. The molecule has 2 amide bonds. The first kappa shape index (κ1) is 19.4. The van der Waals surface area contributed by atoms with Crippen LogP contribution in [0.1, 0.15) is 29.5 Å². The summed E-state index contributed by atoms with van der Waals surface area (Å²) in [5.41, 5.74) is 4.35. The number of aliphatic hydroxyl groups excluding tert-OH is 1. The van der Waals surface area contributed by atoms with E-state index in [1.807, 2.05) is 61.2 Å². The normalized spacial score (nSPS) is 20.0. The highest BCUT2D eigenvalue weighted by atomic mass is 16.3. The molecular weight excluding hydrogens is 364 g/mol. The summed E-state index contributed by atoms with van der Waals surface area (Å²) in [4.78, 5) is 30.3. The van der Waals surface area contributed by atoms with Crippen molar-refractivity contribution in [2.45, 2.75) is 26.7 Å². The Hall–Kier alpha value is -2.92. The first-order chi connectivity index (χ1) is 14.0. The van der Waals surface area contributed by atoms with Crippen molar-refractivity contribution >= 4 is 23.1 Å². The number of imide groups is 1. The monoisotopic (exact) mass is 390 g/mol. The number of hydrogen-bond donors (Lipinski definition) is 1. The van der Waals surface area contributed by atoms with E-state index < -0.39 is 0 Å². The van der Waals surface area contributed by atoms with Crippen LogP contribution in [0.25, 0.3) is 5.57 Å². The molecule has 29 heavy (non-hydrogen) atoms. The van der Waals surface area contributed by atoms with Gasteiger partial charge in [-0.1, -0.05) is 42.0 Å². The largest absolute Gasteiger partial charge is 0.396 e. The predicted octanol–water partition coefficient (Wildman–Crippen LogP) is 3.29. The van der Waals surface area contributed by atoms with Gasteiger partial charge in [-0.05, 0) is 55.9 Å². The molecular formula is C24H26N2O3. The molecule has 5 heteroatoms. The van der Waals surface area contributed by atoms with Gasteiger partial charge in [-0.3, -0.25) is 9.59 Å². The van der Waals surface area contributed by atoms with Crippen LogP contribution >= 0.6 is 0 Å². The average Bonchev–Trinajstić information content (AvgIpc) is 2.99. The van der Waals surface area contributed by atoms with Crippen molar-refractivity contribution in [2.75, 3.05) is 24.6 Å². The molecule has 1 N–H and O–H groups in total. The highest BCUT2D eigenvalue weighted by Gasteiger charge is 2.43. The van der Waals surface area contributed by atoms with Crippen molar-refractivity contribution in [2.24, 2.45) is 5.92 Å². The fraction of sp³-hybridized carbons (Fsp3) is 0.333. The topological polar surface area (TPSA) is 60.9 Å². The number of piperidine rings is 1. The number of rotatable bonds is 4. The number of likely N-dealkylation sites (tertiary alicyclic amines) is 1. The highest BCUT2D eigenvalue weighted by Crippen LogP contribution is 2.36. The maximum atomic E-state index is 13.5. The van der Waals surface area contributed by atoms with Crippen molar-refractivity contribution in [3.8, 4) is 0 Å². The van der Waals surface area contributed by atoms with Crippen LogP contribution in [0.2, 0.25) is 0 Å². The van der Waals surface area contributed by atoms with Gasteiger partial charge in [-0.25, -0.2) is 4.90 Å². The number of carbonyl (C=O) groups is 2. The summed E-state index contributed by atoms with van der Waals surface area (Å²) in [6, 6.07) is 15.2. The minimum Gasteiger partial charge on any atom is -0.396 e. The van der Waals surface area contributed by atoms with Crippen molar-refractivity contribution in [1.29, 1.82) is 0 Å². The zero-order valence-corrected chi connectivity index (χ0v) is 16.9. The molecule has 1 atom stereocenters. The van der Waals surface area contributed by atoms with Gasteiger partial charge >= 0.3 is 0 Å². The summed E-state index contributed by atoms with van der Waals surface area (Å²) in [6.07, 6.45) is 1.83. The molecule has 4 rings (SSSR count). The molecule has 2 aliphatic rings. The van der Waals surface area contributed by atoms with Crippen LogP contribution in [-0.2, 0) is 9.59 Å². The van der Waals surface area contributed by atoms with Crippen LogP contribution in [0.4, 0.5) is 5.69 Å².